The first-order valence-corrected chi connectivity index (χ1v) is 13.3. The number of aliphatic hydroxyl groups excluding tert-OH is 1. The Morgan fingerprint density at radius 3 is 2.62 bits per heavy atom. The molecule has 5 rings (SSSR count). The second-order valence-electron chi connectivity index (χ2n) is 10.0. The zero-order chi connectivity index (χ0) is 27.5. The Hall–Kier alpha value is -3.70. The van der Waals surface area contributed by atoms with Gasteiger partial charge in [-0.2, -0.15) is 9.97 Å². The second-order valence-corrected chi connectivity index (χ2v) is 10.0. The molecule has 0 radical (unpaired) electrons. The summed E-state index contributed by atoms with van der Waals surface area (Å²) in [4.78, 5) is 33.0. The van der Waals surface area contributed by atoms with Gasteiger partial charge in [-0.15, -0.1) is 0 Å². The van der Waals surface area contributed by atoms with E-state index in [1.54, 1.807) is 12.0 Å². The van der Waals surface area contributed by atoms with Crippen LogP contribution < -0.4 is 14.5 Å². The number of likely N-dealkylation sites (tertiary alicyclic amines) is 1. The van der Waals surface area contributed by atoms with Crippen molar-refractivity contribution >= 4 is 28.9 Å². The number of methoxy groups -OCH3 is 2. The summed E-state index contributed by atoms with van der Waals surface area (Å²) in [5.74, 6) is 2.08. The Morgan fingerprint density at radius 2 is 1.92 bits per heavy atom. The van der Waals surface area contributed by atoms with Crippen LogP contribution >= 0.6 is 0 Å². The first-order chi connectivity index (χ1) is 18.9. The first kappa shape index (κ1) is 26.9. The van der Waals surface area contributed by atoms with Gasteiger partial charge >= 0.3 is 6.09 Å². The van der Waals surface area contributed by atoms with Crippen molar-refractivity contribution in [2.45, 2.75) is 38.5 Å². The number of anilines is 2. The number of carbonyl (C=O) groups is 1. The third kappa shape index (κ3) is 5.41. The summed E-state index contributed by atoms with van der Waals surface area (Å²) < 4.78 is 15.9. The molecule has 2 saturated heterocycles. The lowest BCUT2D eigenvalue weighted by atomic mass is 10.0. The number of morpholine rings is 1. The number of rotatable bonds is 6. The van der Waals surface area contributed by atoms with Crippen LogP contribution in [0, 0.1) is 0 Å². The van der Waals surface area contributed by atoms with Crippen molar-refractivity contribution < 1.29 is 24.1 Å². The number of aromatic nitrogens is 3. The van der Waals surface area contributed by atoms with Crippen LogP contribution in [0.3, 0.4) is 0 Å². The minimum Gasteiger partial charge on any atom is -0.496 e. The van der Waals surface area contributed by atoms with E-state index in [-0.39, 0.29) is 24.8 Å². The molecule has 1 atom stereocenters. The van der Waals surface area contributed by atoms with Crippen LogP contribution in [0.15, 0.2) is 30.3 Å². The highest BCUT2D eigenvalue weighted by molar-refractivity contribution is 5.90. The number of hydrogen-bond acceptors (Lipinski definition) is 10. The van der Waals surface area contributed by atoms with E-state index in [2.05, 4.69) is 16.7 Å². The van der Waals surface area contributed by atoms with Gasteiger partial charge in [0, 0.05) is 43.9 Å². The van der Waals surface area contributed by atoms with Crippen molar-refractivity contribution in [2.75, 3.05) is 63.9 Å². The normalized spacial score (nSPS) is 18.3. The summed E-state index contributed by atoms with van der Waals surface area (Å²) in [7, 11) is 5.01. The van der Waals surface area contributed by atoms with Gasteiger partial charge in [0.15, 0.2) is 5.65 Å². The minimum atomic E-state index is -0.290. The zero-order valence-electron chi connectivity index (χ0n) is 23.0. The molecule has 1 amide bonds. The average molecular weight is 537 g/mol. The Balaban J connectivity index is 1.53. The van der Waals surface area contributed by atoms with Crippen LogP contribution in [-0.4, -0.2) is 97.3 Å². The quantitative estimate of drug-likeness (QED) is 0.504. The SMILES string of the molecule is COC(=O)N1CCC(N(C)c2nc(N3CCOC[C@@H]3C)c3ccc(-c4ccc(OC)c(CO)c4)nc3n2)CC1. The molecule has 208 valence electrons. The van der Waals surface area contributed by atoms with Gasteiger partial charge in [-0.05, 0) is 50.1 Å². The molecule has 0 saturated carbocycles. The third-order valence-corrected chi connectivity index (χ3v) is 7.67. The van der Waals surface area contributed by atoms with E-state index in [4.69, 9.17) is 29.2 Å². The van der Waals surface area contributed by atoms with Gasteiger partial charge in [0.1, 0.15) is 11.6 Å². The molecule has 2 aliphatic heterocycles. The Morgan fingerprint density at radius 1 is 1.13 bits per heavy atom. The van der Waals surface area contributed by atoms with E-state index in [0.717, 1.165) is 41.8 Å². The largest absolute Gasteiger partial charge is 0.496 e. The third-order valence-electron chi connectivity index (χ3n) is 7.67. The van der Waals surface area contributed by atoms with Crippen LogP contribution in [0.4, 0.5) is 16.6 Å². The van der Waals surface area contributed by atoms with Gasteiger partial charge in [-0.1, -0.05) is 0 Å². The number of nitrogens with zero attached hydrogens (tertiary/aromatic N) is 6. The number of aliphatic hydroxyl groups is 1. The highest BCUT2D eigenvalue weighted by Crippen LogP contribution is 2.32. The molecule has 2 aromatic heterocycles. The van der Waals surface area contributed by atoms with Crippen molar-refractivity contribution in [3.05, 3.63) is 35.9 Å². The molecule has 0 bridgehead atoms. The Kier molecular flexibility index (Phi) is 7.99. The van der Waals surface area contributed by atoms with E-state index in [1.807, 2.05) is 37.4 Å². The molecule has 39 heavy (non-hydrogen) atoms. The summed E-state index contributed by atoms with van der Waals surface area (Å²) in [5.41, 5.74) is 2.92. The van der Waals surface area contributed by atoms with Crippen LogP contribution in [0.25, 0.3) is 22.3 Å². The van der Waals surface area contributed by atoms with Gasteiger partial charge < -0.3 is 34.0 Å². The monoisotopic (exact) mass is 536 g/mol. The van der Waals surface area contributed by atoms with Crippen LogP contribution in [-0.2, 0) is 16.1 Å². The fraction of sp³-hybridized carbons (Fsp3) is 0.500. The van der Waals surface area contributed by atoms with E-state index in [0.29, 0.717) is 49.2 Å². The van der Waals surface area contributed by atoms with Gasteiger partial charge in [-0.3, -0.25) is 0 Å². The number of pyridine rings is 1. The maximum Gasteiger partial charge on any atom is 0.409 e. The summed E-state index contributed by atoms with van der Waals surface area (Å²) >= 11 is 0. The summed E-state index contributed by atoms with van der Waals surface area (Å²) in [6, 6.07) is 9.99. The number of ether oxygens (including phenoxy) is 3. The van der Waals surface area contributed by atoms with Crippen molar-refractivity contribution in [2.24, 2.45) is 0 Å². The molecule has 2 fully saturated rings. The molecule has 0 spiro atoms. The maximum atomic E-state index is 12.0. The highest BCUT2D eigenvalue weighted by atomic mass is 16.5. The molecule has 11 nitrogen and oxygen atoms in total. The fourth-order valence-electron chi connectivity index (χ4n) is 5.35. The summed E-state index contributed by atoms with van der Waals surface area (Å²) in [6.45, 7) is 5.24. The molecular weight excluding hydrogens is 500 g/mol. The fourth-order valence-corrected chi connectivity index (χ4v) is 5.35. The van der Waals surface area contributed by atoms with Crippen LogP contribution in [0.1, 0.15) is 25.3 Å². The standard InChI is InChI=1S/C28H36N6O5/c1-18-17-39-14-13-34(18)26-22-6-7-23(19-5-8-24(37-3)20(15-19)16-35)29-25(22)30-27(31-26)32(2)21-9-11-33(12-10-21)28(36)38-4/h5-8,15,18,21,35H,9-14,16-17H2,1-4H3/t18-/m0/s1. The Labute approximate surface area is 228 Å². The molecule has 11 heteroatoms. The first-order valence-electron chi connectivity index (χ1n) is 13.3. The maximum absolute atomic E-state index is 12.0. The molecule has 2 aliphatic rings. The molecular formula is C28H36N6O5. The molecule has 0 unspecified atom stereocenters. The second kappa shape index (κ2) is 11.6. The van der Waals surface area contributed by atoms with Gasteiger partial charge in [0.2, 0.25) is 5.95 Å². The van der Waals surface area contributed by atoms with E-state index < -0.39 is 0 Å². The number of hydrogen-bond donors (Lipinski definition) is 1. The predicted octanol–water partition coefficient (Wildman–Crippen LogP) is 3.08. The summed E-state index contributed by atoms with van der Waals surface area (Å²) in [6.07, 6.45) is 1.29. The topological polar surface area (TPSA) is 113 Å². The lowest BCUT2D eigenvalue weighted by Crippen LogP contribution is -2.46. The van der Waals surface area contributed by atoms with Gasteiger partial charge in [0.25, 0.3) is 0 Å². The number of amides is 1. The van der Waals surface area contributed by atoms with Crippen molar-refractivity contribution in [3.8, 4) is 17.0 Å². The van der Waals surface area contributed by atoms with E-state index in [1.165, 1.54) is 7.11 Å². The Bertz CT molecular complexity index is 1330. The number of fused-ring (bicyclic) bond motifs is 1. The smallest absolute Gasteiger partial charge is 0.409 e. The summed E-state index contributed by atoms with van der Waals surface area (Å²) in [5, 5.41) is 10.7. The van der Waals surface area contributed by atoms with Crippen LogP contribution in [0.2, 0.25) is 0 Å². The average Bonchev–Trinajstić information content (AvgIpc) is 2.99. The zero-order valence-corrected chi connectivity index (χ0v) is 23.0. The molecule has 1 aromatic carbocycles. The number of piperidine rings is 1. The van der Waals surface area contributed by atoms with Gasteiger partial charge in [0.05, 0.1) is 51.2 Å². The molecule has 0 aliphatic carbocycles. The van der Waals surface area contributed by atoms with E-state index in [9.17, 15) is 9.90 Å². The molecule has 3 aromatic rings. The molecule has 4 heterocycles. The van der Waals surface area contributed by atoms with Crippen molar-refractivity contribution in [3.63, 3.8) is 0 Å². The van der Waals surface area contributed by atoms with Crippen molar-refractivity contribution in [1.82, 2.24) is 19.9 Å². The minimum absolute atomic E-state index is 0.129. The van der Waals surface area contributed by atoms with E-state index >= 15 is 0 Å². The number of carbonyl (C=O) groups excluding carboxylic acids is 1. The highest BCUT2D eigenvalue weighted by Gasteiger charge is 2.29. The number of benzene rings is 1. The van der Waals surface area contributed by atoms with Gasteiger partial charge in [-0.25, -0.2) is 9.78 Å². The predicted molar refractivity (Wildman–Crippen MR) is 148 cm³/mol. The van der Waals surface area contributed by atoms with Crippen LogP contribution in [0.5, 0.6) is 5.75 Å². The lowest BCUT2D eigenvalue weighted by Gasteiger charge is -2.37. The molecule has 1 N–H and O–H groups in total. The lowest BCUT2D eigenvalue weighted by molar-refractivity contribution is 0.0986. The van der Waals surface area contributed by atoms with Crippen molar-refractivity contribution in [1.29, 1.82) is 0 Å².